The highest BCUT2D eigenvalue weighted by molar-refractivity contribution is 6.01. The molecule has 0 unspecified atom stereocenters. The number of nitrogens with zero attached hydrogens (tertiary/aromatic N) is 9. The standard InChI is InChI=1S/C21H17FN10O/c22-17-8-6-15(7-9-17)12-31-13-23-21(28-31)24-20(33)18-10-11-30(26-18)14-32-27-19(25-29-32)16-4-2-1-3-5-16/h1-11,13H,12,14H2,(H,24,28,33). The maximum absolute atomic E-state index is 13.0. The Labute approximate surface area is 186 Å². The van der Waals surface area contributed by atoms with Gasteiger partial charge in [-0.15, -0.1) is 20.1 Å². The van der Waals surface area contributed by atoms with Crippen LogP contribution in [0.15, 0.2) is 73.2 Å². The highest BCUT2D eigenvalue weighted by Gasteiger charge is 2.13. The van der Waals surface area contributed by atoms with Crippen LogP contribution in [0.5, 0.6) is 0 Å². The normalized spacial score (nSPS) is 10.9. The highest BCUT2D eigenvalue weighted by atomic mass is 19.1. The van der Waals surface area contributed by atoms with Gasteiger partial charge in [0.2, 0.25) is 11.8 Å². The number of halogens is 1. The van der Waals surface area contributed by atoms with Crippen LogP contribution in [0.3, 0.4) is 0 Å². The quantitative estimate of drug-likeness (QED) is 0.408. The summed E-state index contributed by atoms with van der Waals surface area (Å²) in [6, 6.07) is 17.1. The summed E-state index contributed by atoms with van der Waals surface area (Å²) in [5.74, 6) is -0.115. The number of carbonyl (C=O) groups is 1. The molecule has 0 atom stereocenters. The third-order valence-corrected chi connectivity index (χ3v) is 4.65. The summed E-state index contributed by atoms with van der Waals surface area (Å²) in [5.41, 5.74) is 1.90. The minimum Gasteiger partial charge on any atom is -0.288 e. The van der Waals surface area contributed by atoms with Crippen molar-refractivity contribution in [1.29, 1.82) is 0 Å². The molecule has 0 aliphatic heterocycles. The summed E-state index contributed by atoms with van der Waals surface area (Å²) >= 11 is 0. The van der Waals surface area contributed by atoms with E-state index in [1.807, 2.05) is 30.3 Å². The molecular weight excluding hydrogens is 427 g/mol. The number of nitrogens with one attached hydrogen (secondary N) is 1. The minimum atomic E-state index is -0.454. The van der Waals surface area contributed by atoms with Gasteiger partial charge in [0.15, 0.2) is 12.4 Å². The lowest BCUT2D eigenvalue weighted by molar-refractivity contribution is 0.102. The van der Waals surface area contributed by atoms with Gasteiger partial charge in [-0.1, -0.05) is 42.5 Å². The molecule has 164 valence electrons. The molecule has 11 nitrogen and oxygen atoms in total. The lowest BCUT2D eigenvalue weighted by Gasteiger charge is -2.01. The second kappa shape index (κ2) is 8.78. The Kier molecular flexibility index (Phi) is 5.37. The molecule has 0 aliphatic rings. The van der Waals surface area contributed by atoms with Crippen molar-refractivity contribution in [3.05, 3.63) is 90.3 Å². The van der Waals surface area contributed by atoms with Crippen LogP contribution in [0.25, 0.3) is 11.4 Å². The molecule has 0 fully saturated rings. The van der Waals surface area contributed by atoms with Gasteiger partial charge in [0.05, 0.1) is 6.54 Å². The number of tetrazole rings is 1. The zero-order valence-corrected chi connectivity index (χ0v) is 17.2. The molecule has 5 aromatic rings. The monoisotopic (exact) mass is 444 g/mol. The molecule has 2 aromatic carbocycles. The number of anilines is 1. The van der Waals surface area contributed by atoms with Crippen molar-refractivity contribution in [1.82, 2.24) is 44.8 Å². The third kappa shape index (κ3) is 4.79. The van der Waals surface area contributed by atoms with E-state index in [2.05, 4.69) is 35.9 Å². The number of benzene rings is 2. The average molecular weight is 444 g/mol. The van der Waals surface area contributed by atoms with Gasteiger partial charge in [-0.3, -0.25) is 10.1 Å². The van der Waals surface area contributed by atoms with Gasteiger partial charge in [0.1, 0.15) is 12.1 Å². The van der Waals surface area contributed by atoms with Gasteiger partial charge >= 0.3 is 0 Å². The van der Waals surface area contributed by atoms with Crippen LogP contribution >= 0.6 is 0 Å². The summed E-state index contributed by atoms with van der Waals surface area (Å²) in [7, 11) is 0. The van der Waals surface area contributed by atoms with Crippen molar-refractivity contribution in [3.8, 4) is 11.4 Å². The molecular formula is C21H17FN10O. The molecule has 0 spiro atoms. The molecule has 1 amide bonds. The maximum atomic E-state index is 13.0. The maximum Gasteiger partial charge on any atom is 0.278 e. The van der Waals surface area contributed by atoms with Crippen molar-refractivity contribution in [2.45, 2.75) is 13.2 Å². The third-order valence-electron chi connectivity index (χ3n) is 4.65. The Morgan fingerprint density at radius 2 is 1.76 bits per heavy atom. The number of aromatic nitrogens is 9. The molecule has 0 saturated heterocycles. The molecule has 0 bridgehead atoms. The van der Waals surface area contributed by atoms with Crippen molar-refractivity contribution >= 4 is 11.9 Å². The van der Waals surface area contributed by atoms with Gasteiger partial charge < -0.3 is 0 Å². The number of hydrogen-bond donors (Lipinski definition) is 1. The number of carbonyl (C=O) groups excluding carboxylic acids is 1. The summed E-state index contributed by atoms with van der Waals surface area (Å²) in [6.07, 6.45) is 3.12. The first-order valence-electron chi connectivity index (χ1n) is 9.94. The lowest BCUT2D eigenvalue weighted by Crippen LogP contribution is -2.16. The van der Waals surface area contributed by atoms with Gasteiger partial charge in [-0.25, -0.2) is 18.7 Å². The van der Waals surface area contributed by atoms with E-state index in [1.54, 1.807) is 29.1 Å². The van der Waals surface area contributed by atoms with Crippen molar-refractivity contribution in [2.24, 2.45) is 0 Å². The second-order valence-corrected chi connectivity index (χ2v) is 7.08. The summed E-state index contributed by atoms with van der Waals surface area (Å²) in [4.78, 5) is 18.0. The highest BCUT2D eigenvalue weighted by Crippen LogP contribution is 2.12. The first-order valence-corrected chi connectivity index (χ1v) is 9.94. The zero-order valence-electron chi connectivity index (χ0n) is 17.2. The van der Waals surface area contributed by atoms with Crippen LogP contribution in [-0.4, -0.2) is 50.7 Å². The van der Waals surface area contributed by atoms with Crippen molar-refractivity contribution in [3.63, 3.8) is 0 Å². The van der Waals surface area contributed by atoms with Gasteiger partial charge in [0.25, 0.3) is 5.91 Å². The van der Waals surface area contributed by atoms with Gasteiger partial charge in [-0.05, 0) is 29.0 Å². The molecule has 33 heavy (non-hydrogen) atoms. The molecule has 1 N–H and O–H groups in total. The Bertz CT molecular complexity index is 1370. The molecule has 0 radical (unpaired) electrons. The molecule has 0 aliphatic carbocycles. The second-order valence-electron chi connectivity index (χ2n) is 7.08. The molecule has 0 saturated carbocycles. The van der Waals surface area contributed by atoms with E-state index < -0.39 is 5.91 Å². The van der Waals surface area contributed by atoms with Crippen molar-refractivity contribution < 1.29 is 9.18 Å². The minimum absolute atomic E-state index is 0.141. The van der Waals surface area contributed by atoms with Crippen LogP contribution in [-0.2, 0) is 13.2 Å². The smallest absolute Gasteiger partial charge is 0.278 e. The van der Waals surface area contributed by atoms with Crippen LogP contribution in [0.1, 0.15) is 16.1 Å². The van der Waals surface area contributed by atoms with Crippen LogP contribution < -0.4 is 5.32 Å². The van der Waals surface area contributed by atoms with Crippen LogP contribution in [0, 0.1) is 5.82 Å². The van der Waals surface area contributed by atoms with E-state index in [9.17, 15) is 9.18 Å². The van der Waals surface area contributed by atoms with Gasteiger partial charge in [-0.2, -0.15) is 5.10 Å². The summed E-state index contributed by atoms with van der Waals surface area (Å²) < 4.78 is 16.1. The van der Waals surface area contributed by atoms with Crippen LogP contribution in [0.4, 0.5) is 10.3 Å². The Morgan fingerprint density at radius 3 is 2.58 bits per heavy atom. The van der Waals surface area contributed by atoms with E-state index in [0.29, 0.717) is 12.4 Å². The molecule has 12 heteroatoms. The molecule has 5 rings (SSSR count). The summed E-state index contributed by atoms with van der Waals surface area (Å²) in [6.45, 7) is 0.589. The van der Waals surface area contributed by atoms with Gasteiger partial charge in [0, 0.05) is 11.8 Å². The van der Waals surface area contributed by atoms with Crippen LogP contribution in [0.2, 0.25) is 0 Å². The Balaban J connectivity index is 1.20. The number of hydrogen-bond acceptors (Lipinski definition) is 7. The number of rotatable bonds is 7. The Hall–Kier alpha value is -4.74. The fraction of sp³-hybridized carbons (Fsp3) is 0.0952. The predicted molar refractivity (Wildman–Crippen MR) is 114 cm³/mol. The van der Waals surface area contributed by atoms with E-state index in [4.69, 9.17) is 0 Å². The Morgan fingerprint density at radius 1 is 0.939 bits per heavy atom. The van der Waals surface area contributed by atoms with E-state index in [0.717, 1.165) is 11.1 Å². The molecule has 3 heterocycles. The average Bonchev–Trinajstić information content (AvgIpc) is 3.58. The first-order chi connectivity index (χ1) is 16.1. The van der Waals surface area contributed by atoms with E-state index in [-0.39, 0.29) is 24.1 Å². The fourth-order valence-electron chi connectivity index (χ4n) is 3.07. The van der Waals surface area contributed by atoms with E-state index >= 15 is 0 Å². The van der Waals surface area contributed by atoms with E-state index in [1.165, 1.54) is 27.9 Å². The largest absolute Gasteiger partial charge is 0.288 e. The summed E-state index contributed by atoms with van der Waals surface area (Å²) in [5, 5.41) is 23.5. The number of amides is 1. The SMILES string of the molecule is O=C(Nc1ncn(Cc2ccc(F)cc2)n1)c1ccn(Cn2nnc(-c3ccccc3)n2)n1. The predicted octanol–water partition coefficient (Wildman–Crippen LogP) is 2.07. The zero-order chi connectivity index (χ0) is 22.6. The first kappa shape index (κ1) is 20.2. The lowest BCUT2D eigenvalue weighted by atomic mass is 10.2. The topological polar surface area (TPSA) is 121 Å². The van der Waals surface area contributed by atoms with Crippen molar-refractivity contribution in [2.75, 3.05) is 5.32 Å². The fourth-order valence-corrected chi connectivity index (χ4v) is 3.07. The molecule has 3 aromatic heterocycles.